The molecule has 4 nitrogen and oxygen atoms in total. The Labute approximate surface area is 95.3 Å². The molecule has 4 heteroatoms. The average Bonchev–Trinajstić information content (AvgIpc) is 2.28. The number of rotatable bonds is 4. The molecule has 0 heterocycles. The van der Waals surface area contributed by atoms with Crippen LogP contribution in [0.4, 0.5) is 0 Å². The summed E-state index contributed by atoms with van der Waals surface area (Å²) in [7, 11) is 2.94. The minimum atomic E-state index is -0.652. The van der Waals surface area contributed by atoms with Gasteiger partial charge in [-0.25, -0.2) is 0 Å². The zero-order valence-electron chi connectivity index (χ0n) is 9.82. The van der Waals surface area contributed by atoms with Gasteiger partial charge < -0.3 is 15.2 Å². The maximum atomic E-state index is 11.2. The van der Waals surface area contributed by atoms with Gasteiger partial charge in [-0.2, -0.15) is 0 Å². The van der Waals surface area contributed by atoms with E-state index in [9.17, 15) is 4.79 Å². The summed E-state index contributed by atoms with van der Waals surface area (Å²) in [6, 6.07) is 5.11. The van der Waals surface area contributed by atoms with Crippen LogP contribution in [-0.4, -0.2) is 26.2 Å². The average molecular weight is 223 g/mol. The monoisotopic (exact) mass is 223 g/mol. The van der Waals surface area contributed by atoms with E-state index < -0.39 is 12.0 Å². The summed E-state index contributed by atoms with van der Waals surface area (Å²) in [6.07, 6.45) is 0.414. The van der Waals surface area contributed by atoms with Crippen molar-refractivity contribution in [1.29, 1.82) is 0 Å². The molecule has 1 aromatic carbocycles. The Kier molecular flexibility index (Phi) is 4.31. The molecule has 2 N–H and O–H groups in total. The fourth-order valence-electron chi connectivity index (χ4n) is 1.64. The maximum absolute atomic E-state index is 11.2. The molecule has 0 saturated carbocycles. The third-order valence-electron chi connectivity index (χ3n) is 2.44. The molecule has 0 aliphatic rings. The Morgan fingerprint density at radius 3 is 2.69 bits per heavy atom. The van der Waals surface area contributed by atoms with E-state index in [1.54, 1.807) is 7.11 Å². The van der Waals surface area contributed by atoms with E-state index in [1.807, 2.05) is 25.1 Å². The summed E-state index contributed by atoms with van der Waals surface area (Å²) in [5, 5.41) is 0. The van der Waals surface area contributed by atoms with Crippen molar-refractivity contribution in [1.82, 2.24) is 0 Å². The number of hydrogen-bond donors (Lipinski definition) is 1. The van der Waals surface area contributed by atoms with Gasteiger partial charge in [-0.3, -0.25) is 4.79 Å². The standard InChI is InChI=1S/C12H17NO3/c1-8-5-4-6-9(11(8)15-2)7-10(13)12(14)16-3/h4-6,10H,7,13H2,1-3H3. The van der Waals surface area contributed by atoms with Crippen LogP contribution in [0.1, 0.15) is 11.1 Å². The molecule has 0 bridgehead atoms. The van der Waals surface area contributed by atoms with Crippen molar-refractivity contribution in [3.05, 3.63) is 29.3 Å². The number of carbonyl (C=O) groups is 1. The molecule has 1 atom stereocenters. The first kappa shape index (κ1) is 12.5. The summed E-state index contributed by atoms with van der Waals surface area (Å²) >= 11 is 0. The number of para-hydroxylation sites is 1. The molecule has 1 rings (SSSR count). The third-order valence-corrected chi connectivity index (χ3v) is 2.44. The minimum absolute atomic E-state index is 0.413. The molecular formula is C12H17NO3. The molecule has 0 aliphatic carbocycles. The summed E-state index contributed by atoms with van der Waals surface area (Å²) in [4.78, 5) is 11.2. The predicted octanol–water partition coefficient (Wildman–Crippen LogP) is 1.05. The molecule has 16 heavy (non-hydrogen) atoms. The van der Waals surface area contributed by atoms with E-state index in [-0.39, 0.29) is 0 Å². The van der Waals surface area contributed by atoms with Gasteiger partial charge in [0.15, 0.2) is 0 Å². The highest BCUT2D eigenvalue weighted by molar-refractivity contribution is 5.75. The minimum Gasteiger partial charge on any atom is -0.496 e. The molecule has 0 aliphatic heterocycles. The van der Waals surface area contributed by atoms with E-state index in [2.05, 4.69) is 4.74 Å². The predicted molar refractivity (Wildman–Crippen MR) is 61.4 cm³/mol. The summed E-state index contributed by atoms with van der Waals surface area (Å²) in [6.45, 7) is 1.95. The molecular weight excluding hydrogens is 206 g/mol. The Hall–Kier alpha value is -1.55. The van der Waals surface area contributed by atoms with Crippen molar-refractivity contribution in [2.45, 2.75) is 19.4 Å². The molecule has 0 spiro atoms. The highest BCUT2D eigenvalue weighted by Gasteiger charge is 2.17. The molecule has 0 aromatic heterocycles. The largest absolute Gasteiger partial charge is 0.496 e. The van der Waals surface area contributed by atoms with Crippen molar-refractivity contribution < 1.29 is 14.3 Å². The first-order chi connectivity index (χ1) is 7.60. The molecule has 1 unspecified atom stereocenters. The van der Waals surface area contributed by atoms with E-state index in [0.29, 0.717) is 6.42 Å². The molecule has 88 valence electrons. The van der Waals surface area contributed by atoms with E-state index >= 15 is 0 Å². The molecule has 0 amide bonds. The van der Waals surface area contributed by atoms with Crippen LogP contribution >= 0.6 is 0 Å². The highest BCUT2D eigenvalue weighted by atomic mass is 16.5. The fourth-order valence-corrected chi connectivity index (χ4v) is 1.64. The van der Waals surface area contributed by atoms with Crippen LogP contribution < -0.4 is 10.5 Å². The van der Waals surface area contributed by atoms with Gasteiger partial charge in [0.25, 0.3) is 0 Å². The third kappa shape index (κ3) is 2.73. The van der Waals surface area contributed by atoms with Gasteiger partial charge in [-0.05, 0) is 18.1 Å². The number of aryl methyl sites for hydroxylation is 1. The second kappa shape index (κ2) is 5.51. The van der Waals surface area contributed by atoms with Crippen molar-refractivity contribution in [3.8, 4) is 5.75 Å². The van der Waals surface area contributed by atoms with Gasteiger partial charge in [-0.15, -0.1) is 0 Å². The Bertz CT molecular complexity index is 377. The van der Waals surface area contributed by atoms with Gasteiger partial charge in [0.1, 0.15) is 11.8 Å². The van der Waals surface area contributed by atoms with Crippen LogP contribution in [-0.2, 0) is 16.0 Å². The normalized spacial score (nSPS) is 12.0. The topological polar surface area (TPSA) is 61.5 Å². The first-order valence-electron chi connectivity index (χ1n) is 5.06. The summed E-state index contributed by atoms with van der Waals surface area (Å²) < 4.78 is 9.87. The lowest BCUT2D eigenvalue weighted by molar-refractivity contribution is -0.142. The maximum Gasteiger partial charge on any atom is 0.322 e. The van der Waals surface area contributed by atoms with Crippen molar-refractivity contribution in [2.75, 3.05) is 14.2 Å². The highest BCUT2D eigenvalue weighted by Crippen LogP contribution is 2.23. The van der Waals surface area contributed by atoms with Gasteiger partial charge in [-0.1, -0.05) is 18.2 Å². The van der Waals surface area contributed by atoms with Gasteiger partial charge in [0, 0.05) is 6.42 Å². The number of methoxy groups -OCH3 is 2. The van der Waals surface area contributed by atoms with Crippen LogP contribution in [0, 0.1) is 6.92 Å². The van der Waals surface area contributed by atoms with Crippen LogP contribution in [0.5, 0.6) is 5.75 Å². The van der Waals surface area contributed by atoms with Gasteiger partial charge >= 0.3 is 5.97 Å². The number of esters is 1. The van der Waals surface area contributed by atoms with E-state index in [0.717, 1.165) is 16.9 Å². The van der Waals surface area contributed by atoms with Crippen LogP contribution in [0.25, 0.3) is 0 Å². The van der Waals surface area contributed by atoms with Crippen LogP contribution in [0.15, 0.2) is 18.2 Å². The second-order valence-electron chi connectivity index (χ2n) is 3.60. The molecule has 0 saturated heterocycles. The molecule has 1 aromatic rings. The van der Waals surface area contributed by atoms with Crippen molar-refractivity contribution in [2.24, 2.45) is 5.73 Å². The fraction of sp³-hybridized carbons (Fsp3) is 0.417. The summed E-state index contributed by atoms with van der Waals surface area (Å²) in [5.41, 5.74) is 7.65. The Morgan fingerprint density at radius 2 is 2.12 bits per heavy atom. The van der Waals surface area contributed by atoms with Gasteiger partial charge in [0.05, 0.1) is 14.2 Å². The second-order valence-corrected chi connectivity index (χ2v) is 3.60. The zero-order valence-corrected chi connectivity index (χ0v) is 9.82. The zero-order chi connectivity index (χ0) is 12.1. The SMILES string of the molecule is COC(=O)C(N)Cc1cccc(C)c1OC. The van der Waals surface area contributed by atoms with E-state index in [4.69, 9.17) is 10.5 Å². The smallest absolute Gasteiger partial charge is 0.322 e. The number of hydrogen-bond acceptors (Lipinski definition) is 4. The number of benzene rings is 1. The lowest BCUT2D eigenvalue weighted by atomic mass is 10.0. The summed E-state index contributed by atoms with van der Waals surface area (Å²) in [5.74, 6) is 0.366. The lowest BCUT2D eigenvalue weighted by Gasteiger charge is -2.14. The first-order valence-corrected chi connectivity index (χ1v) is 5.06. The lowest BCUT2D eigenvalue weighted by Crippen LogP contribution is -2.33. The number of ether oxygens (including phenoxy) is 2. The number of carbonyl (C=O) groups excluding carboxylic acids is 1. The molecule has 0 fully saturated rings. The Balaban J connectivity index is 2.88. The molecule has 0 radical (unpaired) electrons. The van der Waals surface area contributed by atoms with Gasteiger partial charge in [0.2, 0.25) is 0 Å². The van der Waals surface area contributed by atoms with E-state index in [1.165, 1.54) is 7.11 Å². The Morgan fingerprint density at radius 1 is 1.44 bits per heavy atom. The number of nitrogens with two attached hydrogens (primary N) is 1. The van der Waals surface area contributed by atoms with Crippen LogP contribution in [0.3, 0.4) is 0 Å². The quantitative estimate of drug-likeness (QED) is 0.775. The van der Waals surface area contributed by atoms with Crippen molar-refractivity contribution in [3.63, 3.8) is 0 Å². The van der Waals surface area contributed by atoms with Crippen LogP contribution in [0.2, 0.25) is 0 Å². The van der Waals surface area contributed by atoms with Crippen molar-refractivity contribution >= 4 is 5.97 Å².